The molecule has 16 heavy (non-hydrogen) atoms. The Hall–Kier alpha value is -0.770. The molecule has 1 N–H and O–H groups in total. The fraction of sp³-hybridized carbons (Fsp3) is 0.917. The molecule has 4 nitrogen and oxygen atoms in total. The van der Waals surface area contributed by atoms with E-state index in [1.165, 1.54) is 0 Å². The monoisotopic (exact) mass is 226 g/mol. The summed E-state index contributed by atoms with van der Waals surface area (Å²) in [7, 11) is 0. The van der Waals surface area contributed by atoms with Gasteiger partial charge in [0.2, 0.25) is 0 Å². The molecule has 0 aromatic carbocycles. The average Bonchev–Trinajstić information content (AvgIpc) is 2.31. The molecule has 1 unspecified atom stereocenters. The first kappa shape index (κ1) is 11.7. The number of nitrogens with zero attached hydrogens (tertiary/aromatic N) is 1. The van der Waals surface area contributed by atoms with Gasteiger partial charge in [0, 0.05) is 19.6 Å². The molecule has 1 atom stereocenters. The van der Waals surface area contributed by atoms with Gasteiger partial charge >= 0.3 is 6.09 Å². The van der Waals surface area contributed by atoms with Crippen LogP contribution in [0.4, 0.5) is 4.79 Å². The fourth-order valence-corrected chi connectivity index (χ4v) is 2.33. The maximum Gasteiger partial charge on any atom is 0.410 e. The SMILES string of the molecule is CC1CCN(C(=O)OC2CCCNC2)CC1. The Morgan fingerprint density at radius 3 is 2.69 bits per heavy atom. The van der Waals surface area contributed by atoms with E-state index in [4.69, 9.17) is 4.74 Å². The number of likely N-dealkylation sites (tertiary alicyclic amines) is 1. The van der Waals surface area contributed by atoms with Gasteiger partial charge in [-0.1, -0.05) is 6.92 Å². The molecule has 1 amide bonds. The zero-order chi connectivity index (χ0) is 11.4. The molecule has 92 valence electrons. The quantitative estimate of drug-likeness (QED) is 0.738. The highest BCUT2D eigenvalue weighted by atomic mass is 16.6. The van der Waals surface area contributed by atoms with Crippen molar-refractivity contribution in [2.45, 2.75) is 38.7 Å². The molecule has 2 heterocycles. The summed E-state index contributed by atoms with van der Waals surface area (Å²) in [5.74, 6) is 0.750. The Morgan fingerprint density at radius 1 is 1.31 bits per heavy atom. The van der Waals surface area contributed by atoms with Gasteiger partial charge in [0.05, 0.1) is 0 Å². The molecule has 0 aromatic heterocycles. The van der Waals surface area contributed by atoms with E-state index in [9.17, 15) is 4.79 Å². The van der Waals surface area contributed by atoms with Crippen molar-refractivity contribution in [1.82, 2.24) is 10.2 Å². The summed E-state index contributed by atoms with van der Waals surface area (Å²) in [6.07, 6.45) is 4.30. The molecule has 0 bridgehead atoms. The van der Waals surface area contributed by atoms with Crippen molar-refractivity contribution in [2.75, 3.05) is 26.2 Å². The second-order valence-corrected chi connectivity index (χ2v) is 5.02. The highest BCUT2D eigenvalue weighted by Crippen LogP contribution is 2.17. The van der Waals surface area contributed by atoms with E-state index in [1.807, 2.05) is 4.90 Å². The number of amides is 1. The lowest BCUT2D eigenvalue weighted by molar-refractivity contribution is 0.0440. The molecule has 2 aliphatic rings. The summed E-state index contributed by atoms with van der Waals surface area (Å²) in [6, 6.07) is 0. The molecule has 4 heteroatoms. The zero-order valence-electron chi connectivity index (χ0n) is 10.1. The van der Waals surface area contributed by atoms with Crippen molar-refractivity contribution < 1.29 is 9.53 Å². The fourth-order valence-electron chi connectivity index (χ4n) is 2.33. The van der Waals surface area contributed by atoms with Crippen LogP contribution in [0.2, 0.25) is 0 Å². The highest BCUT2D eigenvalue weighted by molar-refractivity contribution is 5.67. The van der Waals surface area contributed by atoms with E-state index in [0.29, 0.717) is 0 Å². The normalized spacial score (nSPS) is 27.8. The van der Waals surface area contributed by atoms with Crippen molar-refractivity contribution >= 4 is 6.09 Å². The number of ether oxygens (including phenoxy) is 1. The maximum absolute atomic E-state index is 11.8. The van der Waals surface area contributed by atoms with E-state index in [0.717, 1.165) is 57.8 Å². The predicted octanol–water partition coefficient (Wildman–Crippen LogP) is 1.61. The van der Waals surface area contributed by atoms with Crippen molar-refractivity contribution in [3.63, 3.8) is 0 Å². The van der Waals surface area contributed by atoms with Crippen molar-refractivity contribution in [2.24, 2.45) is 5.92 Å². The molecule has 2 aliphatic heterocycles. The molecule has 0 aromatic rings. The Bertz CT molecular complexity index is 231. The van der Waals surface area contributed by atoms with Gasteiger partial charge in [0.1, 0.15) is 6.10 Å². The van der Waals surface area contributed by atoms with Gasteiger partial charge in [-0.2, -0.15) is 0 Å². The van der Waals surface area contributed by atoms with Crippen LogP contribution in [0, 0.1) is 5.92 Å². The lowest BCUT2D eigenvalue weighted by Gasteiger charge is -2.32. The third-order valence-corrected chi connectivity index (χ3v) is 3.56. The average molecular weight is 226 g/mol. The second-order valence-electron chi connectivity index (χ2n) is 5.02. The first-order valence-corrected chi connectivity index (χ1v) is 6.42. The van der Waals surface area contributed by atoms with Crippen LogP contribution in [0.1, 0.15) is 32.6 Å². The molecule has 2 rings (SSSR count). The van der Waals surface area contributed by atoms with Crippen LogP contribution in [0.5, 0.6) is 0 Å². The Morgan fingerprint density at radius 2 is 2.06 bits per heavy atom. The Kier molecular flexibility index (Phi) is 4.04. The van der Waals surface area contributed by atoms with Gasteiger partial charge in [-0.3, -0.25) is 0 Å². The van der Waals surface area contributed by atoms with Gasteiger partial charge in [-0.15, -0.1) is 0 Å². The minimum Gasteiger partial charge on any atom is -0.445 e. The predicted molar refractivity (Wildman–Crippen MR) is 62.3 cm³/mol. The molecule has 2 fully saturated rings. The van der Waals surface area contributed by atoms with E-state index in [2.05, 4.69) is 12.2 Å². The number of hydrogen-bond donors (Lipinski definition) is 1. The van der Waals surface area contributed by atoms with Gasteiger partial charge in [-0.25, -0.2) is 4.79 Å². The zero-order valence-corrected chi connectivity index (χ0v) is 10.1. The highest BCUT2D eigenvalue weighted by Gasteiger charge is 2.24. The minimum absolute atomic E-state index is 0.0839. The van der Waals surface area contributed by atoms with Gasteiger partial charge in [-0.05, 0) is 38.1 Å². The summed E-state index contributed by atoms with van der Waals surface area (Å²) in [4.78, 5) is 13.7. The first-order chi connectivity index (χ1) is 7.75. The van der Waals surface area contributed by atoms with Gasteiger partial charge < -0.3 is 15.0 Å². The van der Waals surface area contributed by atoms with E-state index in [-0.39, 0.29) is 12.2 Å². The number of rotatable bonds is 1. The number of hydrogen-bond acceptors (Lipinski definition) is 3. The number of nitrogens with one attached hydrogen (secondary N) is 1. The minimum atomic E-state index is -0.111. The van der Waals surface area contributed by atoms with E-state index >= 15 is 0 Å². The molecule has 0 radical (unpaired) electrons. The van der Waals surface area contributed by atoms with Crippen LogP contribution < -0.4 is 5.32 Å². The summed E-state index contributed by atoms with van der Waals surface area (Å²) >= 11 is 0. The van der Waals surface area contributed by atoms with Crippen molar-refractivity contribution in [3.8, 4) is 0 Å². The summed E-state index contributed by atoms with van der Waals surface area (Å²) in [5.41, 5.74) is 0. The third-order valence-electron chi connectivity index (χ3n) is 3.56. The van der Waals surface area contributed by atoms with Crippen LogP contribution in [0.25, 0.3) is 0 Å². The second kappa shape index (κ2) is 5.53. The topological polar surface area (TPSA) is 41.6 Å². The molecular formula is C12H22N2O2. The standard InChI is InChI=1S/C12H22N2O2/c1-10-4-7-14(8-5-10)12(15)16-11-3-2-6-13-9-11/h10-11,13H,2-9H2,1H3. The van der Waals surface area contributed by atoms with E-state index in [1.54, 1.807) is 0 Å². The summed E-state index contributed by atoms with van der Waals surface area (Å²) in [6.45, 7) is 5.83. The van der Waals surface area contributed by atoms with Gasteiger partial charge in [0.25, 0.3) is 0 Å². The molecular weight excluding hydrogens is 204 g/mol. The number of carbonyl (C=O) groups is 1. The lowest BCUT2D eigenvalue weighted by atomic mass is 10.00. The van der Waals surface area contributed by atoms with Crippen molar-refractivity contribution in [1.29, 1.82) is 0 Å². The van der Waals surface area contributed by atoms with Crippen LogP contribution in [-0.2, 0) is 4.74 Å². The Balaban J connectivity index is 1.74. The van der Waals surface area contributed by atoms with Crippen LogP contribution in [-0.4, -0.2) is 43.3 Å². The lowest BCUT2D eigenvalue weighted by Crippen LogP contribution is -2.43. The van der Waals surface area contributed by atoms with Crippen LogP contribution in [0.15, 0.2) is 0 Å². The molecule has 0 aliphatic carbocycles. The number of piperidine rings is 2. The Labute approximate surface area is 97.3 Å². The molecule has 2 saturated heterocycles. The van der Waals surface area contributed by atoms with Crippen molar-refractivity contribution in [3.05, 3.63) is 0 Å². The van der Waals surface area contributed by atoms with Gasteiger partial charge in [0.15, 0.2) is 0 Å². The first-order valence-electron chi connectivity index (χ1n) is 6.42. The summed E-state index contributed by atoms with van der Waals surface area (Å²) in [5, 5.41) is 3.25. The molecule has 0 spiro atoms. The van der Waals surface area contributed by atoms with Crippen LogP contribution >= 0.6 is 0 Å². The van der Waals surface area contributed by atoms with E-state index < -0.39 is 0 Å². The van der Waals surface area contributed by atoms with Crippen LogP contribution in [0.3, 0.4) is 0 Å². The largest absolute Gasteiger partial charge is 0.445 e. The number of carbonyl (C=O) groups excluding carboxylic acids is 1. The summed E-state index contributed by atoms with van der Waals surface area (Å²) < 4.78 is 5.49. The third kappa shape index (κ3) is 3.11. The smallest absolute Gasteiger partial charge is 0.410 e. The maximum atomic E-state index is 11.8. The molecule has 0 saturated carbocycles.